The number of rotatable bonds is 6. The molecular formula is C19H28BrN. The van der Waals surface area contributed by atoms with Crippen LogP contribution in [-0.2, 0) is 6.42 Å². The molecule has 2 saturated carbocycles. The molecule has 3 unspecified atom stereocenters. The van der Waals surface area contributed by atoms with Crippen LogP contribution in [0.3, 0.4) is 0 Å². The van der Waals surface area contributed by atoms with Crippen LogP contribution in [0.2, 0.25) is 0 Å². The van der Waals surface area contributed by atoms with Crippen molar-refractivity contribution >= 4 is 15.9 Å². The number of hydrogen-bond acceptors (Lipinski definition) is 1. The van der Waals surface area contributed by atoms with Crippen LogP contribution in [0.15, 0.2) is 28.7 Å². The summed E-state index contributed by atoms with van der Waals surface area (Å²) < 4.78 is 1.29. The van der Waals surface area contributed by atoms with Gasteiger partial charge >= 0.3 is 0 Å². The van der Waals surface area contributed by atoms with Crippen molar-refractivity contribution in [3.63, 3.8) is 0 Å². The summed E-state index contributed by atoms with van der Waals surface area (Å²) in [6.45, 7) is 3.61. The van der Waals surface area contributed by atoms with E-state index in [0.717, 1.165) is 23.8 Å². The van der Waals surface area contributed by atoms with Crippen LogP contribution in [0.25, 0.3) is 0 Å². The van der Waals surface area contributed by atoms with Crippen LogP contribution >= 0.6 is 15.9 Å². The molecule has 1 N–H and O–H groups in total. The second-order valence-corrected chi connectivity index (χ2v) is 7.94. The Kier molecular flexibility index (Phi) is 5.39. The Morgan fingerprint density at radius 2 is 1.90 bits per heavy atom. The summed E-state index contributed by atoms with van der Waals surface area (Å²) in [5.41, 5.74) is 1.50. The van der Waals surface area contributed by atoms with Crippen molar-refractivity contribution in [3.05, 3.63) is 34.3 Å². The maximum atomic E-state index is 3.78. The van der Waals surface area contributed by atoms with Gasteiger partial charge in [0, 0.05) is 10.5 Å². The predicted octanol–water partition coefficient (Wildman–Crippen LogP) is 5.19. The third kappa shape index (κ3) is 4.32. The molecule has 1 aromatic carbocycles. The highest BCUT2D eigenvalue weighted by Crippen LogP contribution is 2.38. The highest BCUT2D eigenvalue weighted by Gasteiger charge is 2.31. The van der Waals surface area contributed by atoms with E-state index in [0.29, 0.717) is 0 Å². The third-order valence-electron chi connectivity index (χ3n) is 5.51. The van der Waals surface area contributed by atoms with Crippen molar-refractivity contribution in [2.24, 2.45) is 17.8 Å². The van der Waals surface area contributed by atoms with E-state index in [9.17, 15) is 0 Å². The molecule has 1 aromatic rings. The maximum absolute atomic E-state index is 3.78. The van der Waals surface area contributed by atoms with Gasteiger partial charge in [0.05, 0.1) is 0 Å². The van der Waals surface area contributed by atoms with Gasteiger partial charge in [-0.25, -0.2) is 0 Å². The minimum absolute atomic E-state index is 0.845. The largest absolute Gasteiger partial charge is 0.314 e. The average molecular weight is 350 g/mol. The normalized spacial score (nSPS) is 29.5. The molecule has 0 aliphatic heterocycles. The van der Waals surface area contributed by atoms with Crippen LogP contribution in [0.5, 0.6) is 0 Å². The van der Waals surface area contributed by atoms with Gasteiger partial charge in [-0.15, -0.1) is 0 Å². The summed E-state index contributed by atoms with van der Waals surface area (Å²) in [6, 6.07) is 9.63. The van der Waals surface area contributed by atoms with Crippen molar-refractivity contribution in [2.45, 2.75) is 57.9 Å². The lowest BCUT2D eigenvalue weighted by Crippen LogP contribution is -2.35. The topological polar surface area (TPSA) is 12.0 Å². The van der Waals surface area contributed by atoms with Crippen molar-refractivity contribution in [3.8, 4) is 0 Å². The molecule has 116 valence electrons. The second-order valence-electron chi connectivity index (χ2n) is 7.09. The van der Waals surface area contributed by atoms with E-state index in [4.69, 9.17) is 0 Å². The lowest BCUT2D eigenvalue weighted by atomic mass is 9.71. The molecule has 3 atom stereocenters. The summed E-state index contributed by atoms with van der Waals surface area (Å²) in [7, 11) is 0. The Morgan fingerprint density at radius 1 is 1.10 bits per heavy atom. The Hall–Kier alpha value is -0.340. The van der Waals surface area contributed by atoms with Gasteiger partial charge in [0.25, 0.3) is 0 Å². The van der Waals surface area contributed by atoms with E-state index in [-0.39, 0.29) is 0 Å². The zero-order valence-corrected chi connectivity index (χ0v) is 14.7. The molecule has 2 fully saturated rings. The van der Waals surface area contributed by atoms with Crippen molar-refractivity contribution in [1.82, 2.24) is 5.32 Å². The smallest absolute Gasteiger partial charge is 0.0207 e. The monoisotopic (exact) mass is 349 g/mol. The summed E-state index contributed by atoms with van der Waals surface area (Å²) >= 11 is 3.73. The molecule has 0 bridgehead atoms. The second kappa shape index (κ2) is 7.28. The zero-order valence-electron chi connectivity index (χ0n) is 13.2. The molecule has 2 aliphatic rings. The highest BCUT2D eigenvalue weighted by molar-refractivity contribution is 9.10. The van der Waals surface area contributed by atoms with Crippen LogP contribution in [0, 0.1) is 17.8 Å². The first-order valence-corrected chi connectivity index (χ1v) is 9.52. The lowest BCUT2D eigenvalue weighted by molar-refractivity contribution is 0.171. The first kappa shape index (κ1) is 15.6. The molecule has 2 aliphatic carbocycles. The summed E-state index contributed by atoms with van der Waals surface area (Å²) in [6.07, 6.45) is 9.70. The van der Waals surface area contributed by atoms with Crippen LogP contribution in [0.4, 0.5) is 0 Å². The van der Waals surface area contributed by atoms with E-state index in [1.807, 2.05) is 0 Å². The Balaban J connectivity index is 1.65. The van der Waals surface area contributed by atoms with Gasteiger partial charge in [-0.1, -0.05) is 53.9 Å². The van der Waals surface area contributed by atoms with E-state index >= 15 is 0 Å². The molecule has 3 rings (SSSR count). The SMILES string of the molecule is CCC1CCC(CNC2CC2)C(Cc2ccccc2Br)C1. The summed E-state index contributed by atoms with van der Waals surface area (Å²) in [5.74, 6) is 2.68. The summed E-state index contributed by atoms with van der Waals surface area (Å²) in [5, 5.41) is 3.78. The lowest BCUT2D eigenvalue weighted by Gasteiger charge is -2.36. The van der Waals surface area contributed by atoms with Gasteiger partial charge in [-0.05, 0) is 68.0 Å². The van der Waals surface area contributed by atoms with Gasteiger partial charge in [-0.2, -0.15) is 0 Å². The molecule has 0 heterocycles. The molecule has 0 amide bonds. The molecule has 1 nitrogen and oxygen atoms in total. The fourth-order valence-corrected chi connectivity index (χ4v) is 4.31. The van der Waals surface area contributed by atoms with Crippen molar-refractivity contribution < 1.29 is 0 Å². The Bertz CT molecular complexity index is 455. The fraction of sp³-hybridized carbons (Fsp3) is 0.684. The van der Waals surface area contributed by atoms with E-state index in [1.165, 1.54) is 61.5 Å². The Labute approximate surface area is 138 Å². The standard InChI is InChI=1S/C19H28BrN/c1-2-14-7-8-16(13-21-18-9-10-18)17(11-14)12-15-5-3-4-6-19(15)20/h3-6,14,16-18,21H,2,7-13H2,1H3. The molecule has 2 heteroatoms. The number of halogens is 1. The van der Waals surface area contributed by atoms with Gasteiger partial charge in [0.15, 0.2) is 0 Å². The molecule has 0 saturated heterocycles. The van der Waals surface area contributed by atoms with E-state index in [2.05, 4.69) is 52.4 Å². The zero-order chi connectivity index (χ0) is 14.7. The molecule has 0 aromatic heterocycles. The predicted molar refractivity (Wildman–Crippen MR) is 93.5 cm³/mol. The van der Waals surface area contributed by atoms with Crippen LogP contribution in [-0.4, -0.2) is 12.6 Å². The molecular weight excluding hydrogens is 322 g/mol. The van der Waals surface area contributed by atoms with Crippen molar-refractivity contribution in [1.29, 1.82) is 0 Å². The van der Waals surface area contributed by atoms with Crippen LogP contribution < -0.4 is 5.32 Å². The minimum atomic E-state index is 0.845. The van der Waals surface area contributed by atoms with Gasteiger partial charge < -0.3 is 5.32 Å². The molecule has 0 radical (unpaired) electrons. The third-order valence-corrected chi connectivity index (χ3v) is 6.29. The minimum Gasteiger partial charge on any atom is -0.314 e. The fourth-order valence-electron chi connectivity index (χ4n) is 3.87. The van der Waals surface area contributed by atoms with Crippen LogP contribution in [0.1, 0.15) is 51.0 Å². The van der Waals surface area contributed by atoms with Gasteiger partial charge in [-0.3, -0.25) is 0 Å². The number of hydrogen-bond donors (Lipinski definition) is 1. The molecule has 21 heavy (non-hydrogen) atoms. The van der Waals surface area contributed by atoms with Gasteiger partial charge in [0.2, 0.25) is 0 Å². The van der Waals surface area contributed by atoms with E-state index in [1.54, 1.807) is 0 Å². The number of nitrogens with one attached hydrogen (secondary N) is 1. The summed E-state index contributed by atoms with van der Waals surface area (Å²) in [4.78, 5) is 0. The highest BCUT2D eigenvalue weighted by atomic mass is 79.9. The quantitative estimate of drug-likeness (QED) is 0.745. The Morgan fingerprint density at radius 3 is 2.62 bits per heavy atom. The maximum Gasteiger partial charge on any atom is 0.0207 e. The average Bonchev–Trinajstić information content (AvgIpc) is 3.32. The van der Waals surface area contributed by atoms with Crippen molar-refractivity contribution in [2.75, 3.05) is 6.54 Å². The number of benzene rings is 1. The first-order chi connectivity index (χ1) is 10.3. The van der Waals surface area contributed by atoms with Gasteiger partial charge in [0.1, 0.15) is 0 Å². The molecule has 0 spiro atoms. The van der Waals surface area contributed by atoms with E-state index < -0.39 is 0 Å². The first-order valence-electron chi connectivity index (χ1n) is 8.73.